The number of carboxylic acid groups (broad SMARTS) is 1. The van der Waals surface area contributed by atoms with E-state index < -0.39 is 5.97 Å². The summed E-state index contributed by atoms with van der Waals surface area (Å²) < 4.78 is 10.6. The number of ether oxygens (including phenoxy) is 1. The molecule has 7 nitrogen and oxygen atoms in total. The largest absolute Gasteiger partial charge is 0.477 e. The maximum absolute atomic E-state index is 11.6. The highest BCUT2D eigenvalue weighted by Gasteiger charge is 2.23. The van der Waals surface area contributed by atoms with Crippen LogP contribution in [0.3, 0.4) is 0 Å². The van der Waals surface area contributed by atoms with Crippen molar-refractivity contribution < 1.29 is 19.2 Å². The normalized spacial score (nSPS) is 15.2. The van der Waals surface area contributed by atoms with Gasteiger partial charge in [-0.3, -0.25) is 4.90 Å². The number of anilines is 1. The maximum Gasteiger partial charge on any atom is 0.343 e. The van der Waals surface area contributed by atoms with Crippen molar-refractivity contribution >= 4 is 23.4 Å². The Bertz CT molecular complexity index is 711. The number of aromatic carboxylic acids is 1. The van der Waals surface area contributed by atoms with Crippen molar-refractivity contribution in [3.05, 3.63) is 34.9 Å². The van der Waals surface area contributed by atoms with Crippen molar-refractivity contribution in [2.24, 2.45) is 0 Å². The Morgan fingerprint density at radius 1 is 1.28 bits per heavy atom. The number of morpholine rings is 1. The van der Waals surface area contributed by atoms with Crippen LogP contribution in [0.1, 0.15) is 16.8 Å². The number of rotatable bonds is 7. The topological polar surface area (TPSA) is 87.8 Å². The summed E-state index contributed by atoms with van der Waals surface area (Å²) in [6.45, 7) is 4.95. The van der Waals surface area contributed by atoms with E-state index in [4.69, 9.17) is 20.9 Å². The van der Waals surface area contributed by atoms with Crippen molar-refractivity contribution in [1.82, 2.24) is 10.1 Å². The van der Waals surface area contributed by atoms with Crippen LogP contribution in [-0.2, 0) is 4.74 Å². The van der Waals surface area contributed by atoms with Gasteiger partial charge in [-0.25, -0.2) is 4.79 Å². The number of carbonyl (C=O) groups is 1. The minimum absolute atomic E-state index is 0.0358. The minimum Gasteiger partial charge on any atom is -0.477 e. The molecule has 1 aliphatic heterocycles. The fourth-order valence-corrected chi connectivity index (χ4v) is 2.87. The summed E-state index contributed by atoms with van der Waals surface area (Å²) in [4.78, 5) is 14.0. The van der Waals surface area contributed by atoms with Gasteiger partial charge in [0.05, 0.1) is 13.2 Å². The molecule has 134 valence electrons. The second kappa shape index (κ2) is 8.33. The molecule has 0 saturated carbocycles. The van der Waals surface area contributed by atoms with Crippen LogP contribution in [-0.4, -0.2) is 60.5 Å². The van der Waals surface area contributed by atoms with Gasteiger partial charge in [0.25, 0.3) is 0 Å². The fraction of sp³-hybridized carbons (Fsp3) is 0.412. The van der Waals surface area contributed by atoms with E-state index in [9.17, 15) is 9.90 Å². The number of benzene rings is 1. The molecule has 1 aliphatic rings. The summed E-state index contributed by atoms with van der Waals surface area (Å²) >= 11 is 5.87. The third kappa shape index (κ3) is 4.50. The van der Waals surface area contributed by atoms with Crippen LogP contribution in [0, 0.1) is 0 Å². The van der Waals surface area contributed by atoms with Crippen molar-refractivity contribution in [3.63, 3.8) is 0 Å². The molecule has 1 aromatic carbocycles. The van der Waals surface area contributed by atoms with E-state index in [0.29, 0.717) is 17.1 Å². The molecule has 3 rings (SSSR count). The number of nitrogens with one attached hydrogen (secondary N) is 1. The molecule has 0 spiro atoms. The Kier molecular flexibility index (Phi) is 5.91. The lowest BCUT2D eigenvalue weighted by atomic mass is 10.1. The predicted octanol–water partition coefficient (Wildman–Crippen LogP) is 2.83. The first kappa shape index (κ1) is 17.7. The van der Waals surface area contributed by atoms with E-state index in [1.165, 1.54) is 0 Å². The van der Waals surface area contributed by atoms with Crippen molar-refractivity contribution in [3.8, 4) is 11.3 Å². The molecule has 0 unspecified atom stereocenters. The molecule has 0 radical (unpaired) electrons. The lowest BCUT2D eigenvalue weighted by molar-refractivity contribution is 0.0378. The summed E-state index contributed by atoms with van der Waals surface area (Å²) in [5.74, 6) is -0.610. The predicted molar refractivity (Wildman–Crippen MR) is 94.3 cm³/mol. The highest BCUT2D eigenvalue weighted by molar-refractivity contribution is 6.30. The van der Waals surface area contributed by atoms with Gasteiger partial charge < -0.3 is 19.7 Å². The first-order chi connectivity index (χ1) is 12.1. The van der Waals surface area contributed by atoms with E-state index in [2.05, 4.69) is 15.4 Å². The van der Waals surface area contributed by atoms with Gasteiger partial charge in [-0.05, 0) is 37.2 Å². The van der Waals surface area contributed by atoms with E-state index in [1.807, 2.05) is 0 Å². The number of nitrogens with zero attached hydrogens (tertiary/aromatic N) is 2. The molecule has 0 amide bonds. The zero-order chi connectivity index (χ0) is 17.6. The molecular formula is C17H20ClN3O4. The van der Waals surface area contributed by atoms with Crippen LogP contribution in [0.2, 0.25) is 5.02 Å². The van der Waals surface area contributed by atoms with Crippen LogP contribution < -0.4 is 5.32 Å². The number of aromatic nitrogens is 1. The van der Waals surface area contributed by atoms with Gasteiger partial charge >= 0.3 is 5.97 Å². The highest BCUT2D eigenvalue weighted by atomic mass is 35.5. The Hall–Kier alpha value is -2.09. The van der Waals surface area contributed by atoms with Crippen molar-refractivity contribution in [2.75, 3.05) is 44.7 Å². The third-order valence-electron chi connectivity index (χ3n) is 4.06. The van der Waals surface area contributed by atoms with Crippen LogP contribution in [0.5, 0.6) is 0 Å². The molecule has 25 heavy (non-hydrogen) atoms. The van der Waals surface area contributed by atoms with Gasteiger partial charge in [-0.15, -0.1) is 0 Å². The first-order valence-electron chi connectivity index (χ1n) is 8.18. The molecule has 0 atom stereocenters. The lowest BCUT2D eigenvalue weighted by Crippen LogP contribution is -2.37. The van der Waals surface area contributed by atoms with E-state index in [1.54, 1.807) is 24.3 Å². The Balaban J connectivity index is 1.63. The van der Waals surface area contributed by atoms with Crippen molar-refractivity contribution in [2.45, 2.75) is 6.42 Å². The Morgan fingerprint density at radius 2 is 2.00 bits per heavy atom. The van der Waals surface area contributed by atoms with E-state index >= 15 is 0 Å². The van der Waals surface area contributed by atoms with Gasteiger partial charge in [-0.1, -0.05) is 16.8 Å². The SMILES string of the molecule is O=C(O)c1c(NCCCN2CCOCC2)noc1-c1ccc(Cl)cc1. The summed E-state index contributed by atoms with van der Waals surface area (Å²) in [7, 11) is 0. The molecule has 2 aromatic rings. The van der Waals surface area contributed by atoms with Crippen LogP contribution in [0.4, 0.5) is 5.82 Å². The highest BCUT2D eigenvalue weighted by Crippen LogP contribution is 2.30. The molecular weight excluding hydrogens is 346 g/mol. The van der Waals surface area contributed by atoms with Crippen LogP contribution in [0.25, 0.3) is 11.3 Å². The number of hydrogen-bond acceptors (Lipinski definition) is 6. The summed E-state index contributed by atoms with van der Waals surface area (Å²) in [5, 5.41) is 17.0. The van der Waals surface area contributed by atoms with E-state index in [0.717, 1.165) is 39.3 Å². The zero-order valence-corrected chi connectivity index (χ0v) is 14.5. The zero-order valence-electron chi connectivity index (χ0n) is 13.7. The summed E-state index contributed by atoms with van der Waals surface area (Å²) in [6, 6.07) is 6.77. The molecule has 1 fully saturated rings. The fourth-order valence-electron chi connectivity index (χ4n) is 2.74. The van der Waals surface area contributed by atoms with E-state index in [-0.39, 0.29) is 17.1 Å². The molecule has 1 saturated heterocycles. The molecule has 8 heteroatoms. The molecule has 2 heterocycles. The van der Waals surface area contributed by atoms with Gasteiger partial charge in [0.1, 0.15) is 0 Å². The Morgan fingerprint density at radius 3 is 2.68 bits per heavy atom. The second-order valence-corrected chi connectivity index (χ2v) is 6.22. The second-order valence-electron chi connectivity index (χ2n) is 5.78. The Labute approximate surface area is 150 Å². The van der Waals surface area contributed by atoms with Gasteiger partial charge in [-0.2, -0.15) is 0 Å². The monoisotopic (exact) mass is 365 g/mol. The number of carboxylic acids is 1. The van der Waals surface area contributed by atoms with Crippen molar-refractivity contribution in [1.29, 1.82) is 0 Å². The minimum atomic E-state index is -1.08. The van der Waals surface area contributed by atoms with Gasteiger partial charge in [0.2, 0.25) is 0 Å². The quantitative estimate of drug-likeness (QED) is 0.729. The summed E-state index contributed by atoms with van der Waals surface area (Å²) in [5.41, 5.74) is 0.657. The molecule has 0 bridgehead atoms. The average molecular weight is 366 g/mol. The molecule has 2 N–H and O–H groups in total. The third-order valence-corrected chi connectivity index (χ3v) is 4.31. The average Bonchev–Trinajstić information content (AvgIpc) is 3.04. The lowest BCUT2D eigenvalue weighted by Gasteiger charge is -2.26. The molecule has 0 aliphatic carbocycles. The first-order valence-corrected chi connectivity index (χ1v) is 8.56. The van der Waals surface area contributed by atoms with Crippen LogP contribution in [0.15, 0.2) is 28.8 Å². The van der Waals surface area contributed by atoms with Gasteiger partial charge in [0.15, 0.2) is 17.1 Å². The van der Waals surface area contributed by atoms with Gasteiger partial charge in [0, 0.05) is 30.2 Å². The number of halogens is 1. The van der Waals surface area contributed by atoms with Crippen LogP contribution >= 0.6 is 11.6 Å². The molecule has 1 aromatic heterocycles. The standard InChI is InChI=1S/C17H20ClN3O4/c18-13-4-2-12(3-5-13)15-14(17(22)23)16(20-25-15)19-6-1-7-21-8-10-24-11-9-21/h2-5H,1,6-11H2,(H,19,20)(H,22,23). The number of hydrogen-bond donors (Lipinski definition) is 2. The smallest absolute Gasteiger partial charge is 0.343 e. The maximum atomic E-state index is 11.6. The summed E-state index contributed by atoms with van der Waals surface area (Å²) in [6.07, 6.45) is 0.877.